The molecule has 94 valence electrons. The highest BCUT2D eigenvalue weighted by molar-refractivity contribution is 9.10. The quantitative estimate of drug-likeness (QED) is 0.846. The Hall–Kier alpha value is -1.26. The van der Waals surface area contributed by atoms with Crippen LogP contribution in [0.3, 0.4) is 0 Å². The molecule has 0 spiro atoms. The molecule has 2 aromatic carbocycles. The summed E-state index contributed by atoms with van der Waals surface area (Å²) in [6.07, 6.45) is 0. The lowest BCUT2D eigenvalue weighted by molar-refractivity contribution is 0.306. The Bertz CT molecular complexity index is 575. The maximum atomic E-state index is 13.3. The first kappa shape index (κ1) is 13.2. The fourth-order valence-electron chi connectivity index (χ4n) is 1.45. The molecule has 0 saturated heterocycles. The zero-order valence-electron chi connectivity index (χ0n) is 9.29. The minimum atomic E-state index is -0.324. The number of anilines is 1. The van der Waals surface area contributed by atoms with Crippen molar-refractivity contribution in [1.29, 1.82) is 0 Å². The summed E-state index contributed by atoms with van der Waals surface area (Å²) in [6.45, 7) is 0.211. The molecule has 5 heteroatoms. The average molecular weight is 331 g/mol. The molecule has 0 aromatic heterocycles. The van der Waals surface area contributed by atoms with E-state index in [0.29, 0.717) is 26.5 Å². The molecule has 2 rings (SSSR count). The van der Waals surface area contributed by atoms with Gasteiger partial charge in [-0.1, -0.05) is 23.7 Å². The highest BCUT2D eigenvalue weighted by Crippen LogP contribution is 2.27. The first-order valence-electron chi connectivity index (χ1n) is 5.18. The van der Waals surface area contributed by atoms with Crippen LogP contribution in [0.5, 0.6) is 5.75 Å². The van der Waals surface area contributed by atoms with Crippen LogP contribution in [0.4, 0.5) is 10.1 Å². The van der Waals surface area contributed by atoms with E-state index in [4.69, 9.17) is 22.1 Å². The van der Waals surface area contributed by atoms with E-state index in [-0.39, 0.29) is 12.4 Å². The number of benzene rings is 2. The van der Waals surface area contributed by atoms with Gasteiger partial charge in [0.05, 0.1) is 10.2 Å². The van der Waals surface area contributed by atoms with Crippen molar-refractivity contribution in [1.82, 2.24) is 0 Å². The number of hydrogen-bond acceptors (Lipinski definition) is 2. The molecule has 0 bridgehead atoms. The largest absolute Gasteiger partial charge is 0.487 e. The van der Waals surface area contributed by atoms with Crippen LogP contribution in [-0.4, -0.2) is 0 Å². The molecule has 0 aliphatic heterocycles. The number of ether oxygens (including phenoxy) is 1. The highest BCUT2D eigenvalue weighted by Gasteiger charge is 2.07. The molecular formula is C13H10BrClFNO. The summed E-state index contributed by atoms with van der Waals surface area (Å²) < 4.78 is 19.2. The smallest absolute Gasteiger partial charge is 0.144 e. The van der Waals surface area contributed by atoms with E-state index in [1.165, 1.54) is 6.07 Å². The predicted molar refractivity (Wildman–Crippen MR) is 74.3 cm³/mol. The van der Waals surface area contributed by atoms with Gasteiger partial charge in [-0.2, -0.15) is 0 Å². The standard InChI is InChI=1S/C13H10BrClFNO/c14-13-8(2-1-3-10(13)16)7-18-12-6-9(15)4-5-11(12)17/h1-6H,7,17H2. The number of hydrogen-bond donors (Lipinski definition) is 1. The van der Waals surface area contributed by atoms with Crippen LogP contribution < -0.4 is 10.5 Å². The van der Waals surface area contributed by atoms with Crippen molar-refractivity contribution in [3.8, 4) is 5.75 Å². The fraction of sp³-hybridized carbons (Fsp3) is 0.0769. The van der Waals surface area contributed by atoms with E-state index in [2.05, 4.69) is 15.9 Å². The van der Waals surface area contributed by atoms with Crippen LogP contribution in [0.15, 0.2) is 40.9 Å². The van der Waals surface area contributed by atoms with Gasteiger partial charge in [0.2, 0.25) is 0 Å². The van der Waals surface area contributed by atoms with Crippen LogP contribution in [0.1, 0.15) is 5.56 Å². The Kier molecular flexibility index (Phi) is 4.09. The fourth-order valence-corrected chi connectivity index (χ4v) is 1.99. The molecule has 2 N–H and O–H groups in total. The van der Waals surface area contributed by atoms with Gasteiger partial charge >= 0.3 is 0 Å². The SMILES string of the molecule is Nc1ccc(Cl)cc1OCc1cccc(F)c1Br. The molecule has 0 heterocycles. The Balaban J connectivity index is 2.16. The topological polar surface area (TPSA) is 35.2 Å². The molecule has 0 unspecified atom stereocenters. The summed E-state index contributed by atoms with van der Waals surface area (Å²) >= 11 is 9.02. The van der Waals surface area contributed by atoms with E-state index in [1.807, 2.05) is 0 Å². The molecule has 2 aromatic rings. The van der Waals surface area contributed by atoms with E-state index < -0.39 is 0 Å². The third kappa shape index (κ3) is 2.94. The number of nitrogen functional groups attached to an aromatic ring is 1. The normalized spacial score (nSPS) is 10.4. The molecule has 0 fully saturated rings. The van der Waals surface area contributed by atoms with Crippen LogP contribution in [-0.2, 0) is 6.61 Å². The monoisotopic (exact) mass is 329 g/mol. The molecular weight excluding hydrogens is 321 g/mol. The van der Waals surface area contributed by atoms with Crippen molar-refractivity contribution in [3.05, 3.63) is 57.3 Å². The molecule has 2 nitrogen and oxygen atoms in total. The summed E-state index contributed by atoms with van der Waals surface area (Å²) in [6, 6.07) is 9.75. The van der Waals surface area contributed by atoms with Gasteiger partial charge in [-0.25, -0.2) is 4.39 Å². The minimum Gasteiger partial charge on any atom is -0.487 e. The molecule has 0 saturated carbocycles. The first-order chi connectivity index (χ1) is 8.58. The van der Waals surface area contributed by atoms with Gasteiger partial charge in [-0.05, 0) is 34.1 Å². The van der Waals surface area contributed by atoms with Crippen molar-refractivity contribution in [3.63, 3.8) is 0 Å². The van der Waals surface area contributed by atoms with Crippen molar-refractivity contribution in [2.45, 2.75) is 6.61 Å². The average Bonchev–Trinajstić information content (AvgIpc) is 2.35. The second-order valence-electron chi connectivity index (χ2n) is 3.68. The van der Waals surface area contributed by atoms with Gasteiger partial charge in [0.1, 0.15) is 18.2 Å². The van der Waals surface area contributed by atoms with Crippen LogP contribution in [0, 0.1) is 5.82 Å². The second kappa shape index (κ2) is 5.59. The van der Waals surface area contributed by atoms with Crippen LogP contribution in [0.2, 0.25) is 5.02 Å². The first-order valence-corrected chi connectivity index (χ1v) is 6.35. The zero-order chi connectivity index (χ0) is 13.1. The molecule has 0 atom stereocenters. The zero-order valence-corrected chi connectivity index (χ0v) is 11.6. The summed E-state index contributed by atoms with van der Waals surface area (Å²) in [7, 11) is 0. The Morgan fingerprint density at radius 2 is 2.06 bits per heavy atom. The molecule has 0 aliphatic rings. The molecule has 18 heavy (non-hydrogen) atoms. The lowest BCUT2D eigenvalue weighted by Gasteiger charge is -2.10. The van der Waals surface area contributed by atoms with Gasteiger partial charge in [-0.15, -0.1) is 0 Å². The number of rotatable bonds is 3. The van der Waals surface area contributed by atoms with E-state index in [0.717, 1.165) is 0 Å². The van der Waals surface area contributed by atoms with Gasteiger partial charge in [0.15, 0.2) is 0 Å². The molecule has 0 radical (unpaired) electrons. The number of nitrogens with two attached hydrogens (primary N) is 1. The van der Waals surface area contributed by atoms with Gasteiger partial charge < -0.3 is 10.5 Å². The molecule has 0 aliphatic carbocycles. The van der Waals surface area contributed by atoms with E-state index in [9.17, 15) is 4.39 Å². The van der Waals surface area contributed by atoms with Gasteiger partial charge in [-0.3, -0.25) is 0 Å². The third-order valence-corrected chi connectivity index (χ3v) is 3.51. The van der Waals surface area contributed by atoms with E-state index >= 15 is 0 Å². The van der Waals surface area contributed by atoms with Crippen molar-refractivity contribution < 1.29 is 9.13 Å². The maximum absolute atomic E-state index is 13.3. The minimum absolute atomic E-state index is 0.211. The summed E-state index contributed by atoms with van der Waals surface area (Å²) in [4.78, 5) is 0. The third-order valence-electron chi connectivity index (χ3n) is 2.39. The van der Waals surface area contributed by atoms with E-state index in [1.54, 1.807) is 30.3 Å². The Morgan fingerprint density at radius 1 is 1.28 bits per heavy atom. The second-order valence-corrected chi connectivity index (χ2v) is 4.91. The molecule has 0 amide bonds. The Morgan fingerprint density at radius 3 is 2.83 bits per heavy atom. The maximum Gasteiger partial charge on any atom is 0.144 e. The number of halogens is 3. The predicted octanol–water partition coefficient (Wildman–Crippen LogP) is 4.40. The van der Waals surface area contributed by atoms with Crippen LogP contribution in [0.25, 0.3) is 0 Å². The summed E-state index contributed by atoms with van der Waals surface area (Å²) in [5.74, 6) is 0.161. The lowest BCUT2D eigenvalue weighted by atomic mass is 10.2. The van der Waals surface area contributed by atoms with Gasteiger partial charge in [0.25, 0.3) is 0 Å². The van der Waals surface area contributed by atoms with Crippen LogP contribution >= 0.6 is 27.5 Å². The van der Waals surface area contributed by atoms with Crippen molar-refractivity contribution in [2.24, 2.45) is 0 Å². The van der Waals surface area contributed by atoms with Gasteiger partial charge in [0, 0.05) is 16.7 Å². The Labute approximate surface area is 118 Å². The van der Waals surface area contributed by atoms with Crippen molar-refractivity contribution in [2.75, 3.05) is 5.73 Å². The summed E-state index contributed by atoms with van der Waals surface area (Å²) in [5.41, 5.74) is 6.95. The highest BCUT2D eigenvalue weighted by atomic mass is 79.9. The summed E-state index contributed by atoms with van der Waals surface area (Å²) in [5, 5.41) is 0.539. The van der Waals surface area contributed by atoms with Crippen molar-refractivity contribution >= 4 is 33.2 Å². The lowest BCUT2D eigenvalue weighted by Crippen LogP contribution is -2.00.